The molecule has 0 atom stereocenters. The van der Waals surface area contributed by atoms with Gasteiger partial charge in [-0.3, -0.25) is 4.79 Å². The first-order chi connectivity index (χ1) is 16.0. The van der Waals surface area contributed by atoms with Crippen molar-refractivity contribution in [3.8, 4) is 22.5 Å². The van der Waals surface area contributed by atoms with Crippen LogP contribution >= 0.6 is 0 Å². The summed E-state index contributed by atoms with van der Waals surface area (Å²) in [6, 6.07) is 12.5. The molecule has 33 heavy (non-hydrogen) atoms. The number of carbonyl (C=O) groups is 2. The van der Waals surface area contributed by atoms with Crippen LogP contribution in [-0.2, 0) is 6.54 Å². The van der Waals surface area contributed by atoms with Crippen LogP contribution in [0.3, 0.4) is 0 Å². The van der Waals surface area contributed by atoms with E-state index in [1.807, 2.05) is 0 Å². The summed E-state index contributed by atoms with van der Waals surface area (Å²) in [4.78, 5) is 31.9. The number of fused-ring (bicyclic) bond motifs is 1. The molecule has 1 aliphatic rings. The third kappa shape index (κ3) is 3.91. The van der Waals surface area contributed by atoms with Crippen molar-refractivity contribution in [1.82, 2.24) is 15.3 Å². The fraction of sp³-hybridized carbons (Fsp3) is 0.0417. The van der Waals surface area contributed by atoms with Crippen LogP contribution in [0.15, 0.2) is 67.0 Å². The average molecular weight is 445 g/mol. The van der Waals surface area contributed by atoms with Crippen LogP contribution in [0, 0.1) is 11.6 Å². The van der Waals surface area contributed by atoms with Gasteiger partial charge >= 0.3 is 6.03 Å². The van der Waals surface area contributed by atoms with Gasteiger partial charge in [0, 0.05) is 41.4 Å². The smallest absolute Gasteiger partial charge is 0.323 e. The number of H-pyrrole nitrogens is 1. The normalized spacial score (nSPS) is 12.2. The third-order valence-electron chi connectivity index (χ3n) is 5.34. The number of nitrogens with one attached hydrogen (secondary N) is 4. The van der Waals surface area contributed by atoms with E-state index in [4.69, 9.17) is 0 Å². The molecule has 3 amide bonds. The van der Waals surface area contributed by atoms with Gasteiger partial charge in [-0.15, -0.1) is 0 Å². The summed E-state index contributed by atoms with van der Waals surface area (Å²) >= 11 is 0. The van der Waals surface area contributed by atoms with Crippen LogP contribution in [0.25, 0.3) is 22.5 Å². The van der Waals surface area contributed by atoms with E-state index in [1.54, 1.807) is 36.7 Å². The molecular formula is C24H17F2N5O2. The largest absolute Gasteiger partial charge is 0.348 e. The Bertz CT molecular complexity index is 1370. The number of nitrogens with zero attached hydrogens (tertiary/aromatic N) is 1. The molecule has 2 heterocycles. The fourth-order valence-electron chi connectivity index (χ4n) is 3.85. The molecule has 7 nitrogen and oxygen atoms in total. The molecular weight excluding hydrogens is 428 g/mol. The highest BCUT2D eigenvalue weighted by Gasteiger charge is 2.28. The van der Waals surface area contributed by atoms with Crippen molar-refractivity contribution < 1.29 is 18.4 Å². The van der Waals surface area contributed by atoms with E-state index in [0.717, 1.165) is 0 Å². The van der Waals surface area contributed by atoms with Gasteiger partial charge in [0.15, 0.2) is 0 Å². The summed E-state index contributed by atoms with van der Waals surface area (Å²) in [6.07, 6.45) is 3.26. The van der Waals surface area contributed by atoms with Crippen molar-refractivity contribution in [2.45, 2.75) is 6.54 Å². The highest BCUT2D eigenvalue weighted by atomic mass is 19.1. The number of imidazole rings is 1. The molecule has 4 aromatic rings. The minimum Gasteiger partial charge on any atom is -0.348 e. The zero-order chi connectivity index (χ0) is 22.9. The van der Waals surface area contributed by atoms with Gasteiger partial charge in [-0.05, 0) is 59.7 Å². The monoisotopic (exact) mass is 445 g/mol. The Labute approximate surface area is 186 Å². The van der Waals surface area contributed by atoms with Crippen molar-refractivity contribution in [2.24, 2.45) is 0 Å². The topological polar surface area (TPSA) is 98.9 Å². The maximum absolute atomic E-state index is 15.1. The number of carbonyl (C=O) groups excluding carboxylic acids is 2. The van der Waals surface area contributed by atoms with Gasteiger partial charge in [0.25, 0.3) is 5.91 Å². The Morgan fingerprint density at radius 3 is 2.33 bits per heavy atom. The Kier molecular flexibility index (Phi) is 5.06. The summed E-state index contributed by atoms with van der Waals surface area (Å²) in [5, 5.41) is 7.89. The van der Waals surface area contributed by atoms with Crippen LogP contribution in [0.1, 0.15) is 15.9 Å². The van der Waals surface area contributed by atoms with E-state index in [0.29, 0.717) is 39.3 Å². The van der Waals surface area contributed by atoms with Gasteiger partial charge in [0.2, 0.25) is 0 Å². The predicted molar refractivity (Wildman–Crippen MR) is 120 cm³/mol. The number of aromatic amines is 1. The Balaban J connectivity index is 1.41. The second kappa shape index (κ2) is 8.19. The zero-order valence-electron chi connectivity index (χ0n) is 17.1. The van der Waals surface area contributed by atoms with Gasteiger partial charge < -0.3 is 20.9 Å². The summed E-state index contributed by atoms with van der Waals surface area (Å²) < 4.78 is 28.1. The quantitative estimate of drug-likeness (QED) is 0.359. The lowest BCUT2D eigenvalue weighted by Crippen LogP contribution is -2.19. The molecule has 1 aromatic heterocycles. The number of urea groups is 1. The van der Waals surface area contributed by atoms with E-state index in [9.17, 15) is 14.0 Å². The molecule has 3 aromatic carbocycles. The maximum atomic E-state index is 15.1. The summed E-state index contributed by atoms with van der Waals surface area (Å²) in [6.45, 7) is 0.275. The molecule has 0 saturated carbocycles. The van der Waals surface area contributed by atoms with E-state index in [2.05, 4.69) is 25.9 Å². The van der Waals surface area contributed by atoms with Crippen LogP contribution in [0.5, 0.6) is 0 Å². The van der Waals surface area contributed by atoms with E-state index < -0.39 is 17.7 Å². The van der Waals surface area contributed by atoms with Crippen molar-refractivity contribution in [2.75, 3.05) is 10.6 Å². The van der Waals surface area contributed by atoms with Gasteiger partial charge in [-0.2, -0.15) is 0 Å². The molecule has 0 bridgehead atoms. The SMILES string of the molecule is O=C(Nc1ccc(F)cc1)Nc1ccc(-c2ccc(-c3ncc[nH]3)c3c2CNC3=O)c(F)c1. The predicted octanol–water partition coefficient (Wildman–Crippen LogP) is 4.91. The Morgan fingerprint density at radius 1 is 0.909 bits per heavy atom. The summed E-state index contributed by atoms with van der Waals surface area (Å²) in [7, 11) is 0. The lowest BCUT2D eigenvalue weighted by molar-refractivity contribution is 0.0966. The van der Waals surface area contributed by atoms with E-state index in [-0.39, 0.29) is 18.1 Å². The van der Waals surface area contributed by atoms with Gasteiger partial charge in [-0.1, -0.05) is 6.07 Å². The van der Waals surface area contributed by atoms with Crippen LogP contribution in [0.4, 0.5) is 25.0 Å². The molecule has 9 heteroatoms. The van der Waals surface area contributed by atoms with Crippen LogP contribution in [-0.4, -0.2) is 21.9 Å². The highest BCUT2D eigenvalue weighted by molar-refractivity contribution is 6.06. The van der Waals surface area contributed by atoms with Crippen molar-refractivity contribution in [3.05, 3.63) is 89.8 Å². The molecule has 0 radical (unpaired) electrons. The van der Waals surface area contributed by atoms with Crippen molar-refractivity contribution in [1.29, 1.82) is 0 Å². The number of aromatic nitrogens is 2. The first-order valence-electron chi connectivity index (χ1n) is 10.1. The van der Waals surface area contributed by atoms with Crippen LogP contribution in [0.2, 0.25) is 0 Å². The molecule has 0 saturated heterocycles. The van der Waals surface area contributed by atoms with E-state index in [1.165, 1.54) is 30.3 Å². The number of anilines is 2. The van der Waals surface area contributed by atoms with Gasteiger partial charge in [0.05, 0.1) is 5.56 Å². The number of amides is 3. The summed E-state index contributed by atoms with van der Waals surface area (Å²) in [5.41, 5.74) is 3.32. The summed E-state index contributed by atoms with van der Waals surface area (Å²) in [5.74, 6) is -0.655. The lowest BCUT2D eigenvalue weighted by Gasteiger charge is -2.13. The average Bonchev–Trinajstić information content (AvgIpc) is 3.46. The second-order valence-corrected chi connectivity index (χ2v) is 7.42. The van der Waals surface area contributed by atoms with E-state index >= 15 is 4.39 Å². The van der Waals surface area contributed by atoms with Crippen molar-refractivity contribution in [3.63, 3.8) is 0 Å². The third-order valence-corrected chi connectivity index (χ3v) is 5.34. The number of benzene rings is 3. The molecule has 0 aliphatic carbocycles. The highest BCUT2D eigenvalue weighted by Crippen LogP contribution is 2.36. The Morgan fingerprint density at radius 2 is 1.61 bits per heavy atom. The molecule has 4 N–H and O–H groups in total. The lowest BCUT2D eigenvalue weighted by atomic mass is 9.92. The van der Waals surface area contributed by atoms with Gasteiger partial charge in [0.1, 0.15) is 17.5 Å². The maximum Gasteiger partial charge on any atom is 0.323 e. The number of hydrogen-bond donors (Lipinski definition) is 4. The molecule has 0 spiro atoms. The Hall–Kier alpha value is -4.53. The molecule has 0 unspecified atom stereocenters. The first-order valence-corrected chi connectivity index (χ1v) is 10.1. The number of rotatable bonds is 4. The first kappa shape index (κ1) is 20.4. The minimum atomic E-state index is -0.591. The fourth-order valence-corrected chi connectivity index (χ4v) is 3.85. The number of halogens is 2. The van der Waals surface area contributed by atoms with Crippen molar-refractivity contribution >= 4 is 23.3 Å². The van der Waals surface area contributed by atoms with Crippen LogP contribution < -0.4 is 16.0 Å². The minimum absolute atomic E-state index is 0.241. The number of hydrogen-bond acceptors (Lipinski definition) is 3. The molecule has 1 aliphatic heterocycles. The molecule has 5 rings (SSSR count). The molecule has 0 fully saturated rings. The second-order valence-electron chi connectivity index (χ2n) is 7.42. The molecule has 164 valence electrons. The standard InChI is InChI=1S/C24H17F2N5O2/c25-13-1-3-14(4-2-13)30-24(33)31-15-5-6-17(20(26)11-15)16-7-8-18(22-27-9-10-28-22)21-19(16)12-29-23(21)32/h1-11H,12H2,(H,27,28)(H,29,32)(H2,30,31,33). The zero-order valence-corrected chi connectivity index (χ0v) is 17.1. The van der Waals surface area contributed by atoms with Gasteiger partial charge in [-0.25, -0.2) is 18.6 Å².